The Morgan fingerprint density at radius 1 is 1.04 bits per heavy atom. The number of hydrogen-bond acceptors (Lipinski definition) is 5. The molecule has 26 heavy (non-hydrogen) atoms. The van der Waals surface area contributed by atoms with E-state index in [1.807, 2.05) is 62.6 Å². The van der Waals surface area contributed by atoms with Crippen molar-refractivity contribution in [2.45, 2.75) is 26.4 Å². The van der Waals surface area contributed by atoms with E-state index >= 15 is 0 Å². The van der Waals surface area contributed by atoms with E-state index < -0.39 is 6.10 Å². The first-order valence-corrected chi connectivity index (χ1v) is 8.58. The summed E-state index contributed by atoms with van der Waals surface area (Å²) in [6, 6.07) is 15.7. The zero-order valence-corrected chi connectivity index (χ0v) is 15.7. The minimum Gasteiger partial charge on any atom is -0.479 e. The number of hydrogen-bond donors (Lipinski definition) is 0. The fourth-order valence-electron chi connectivity index (χ4n) is 2.25. The first-order valence-electron chi connectivity index (χ1n) is 8.58. The summed E-state index contributed by atoms with van der Waals surface area (Å²) < 4.78 is 10.5. The van der Waals surface area contributed by atoms with Crippen molar-refractivity contribution in [3.63, 3.8) is 0 Å². The molecular weight excluding hydrogens is 330 g/mol. The molecule has 0 saturated carbocycles. The summed E-state index contributed by atoms with van der Waals surface area (Å²) >= 11 is 0. The lowest BCUT2D eigenvalue weighted by atomic mass is 10.0. The quantitative estimate of drug-likeness (QED) is 0.405. The minimum absolute atomic E-state index is 0.348. The van der Waals surface area contributed by atoms with Crippen molar-refractivity contribution >= 4 is 11.7 Å². The molecule has 0 aliphatic rings. The fraction of sp³-hybridized carbons (Fsp3) is 0.350. The predicted molar refractivity (Wildman–Crippen MR) is 101 cm³/mol. The molecule has 0 N–H and O–H groups in total. The Kier molecular flexibility index (Phi) is 7.14. The number of carbonyl (C=O) groups is 1. The Bertz CT molecular complexity index is 725. The molecule has 2 aromatic rings. The van der Waals surface area contributed by atoms with Gasteiger partial charge in [-0.2, -0.15) is 0 Å². The van der Waals surface area contributed by atoms with Crippen LogP contribution in [0.5, 0.6) is 5.75 Å². The normalized spacial score (nSPS) is 12.0. The molecule has 6 heteroatoms. The van der Waals surface area contributed by atoms with Gasteiger partial charge in [-0.1, -0.05) is 29.5 Å². The van der Waals surface area contributed by atoms with Crippen LogP contribution in [0.3, 0.4) is 0 Å². The summed E-state index contributed by atoms with van der Waals surface area (Å²) in [6.07, 6.45) is 0.184. The third-order valence-corrected chi connectivity index (χ3v) is 3.54. The van der Waals surface area contributed by atoms with Crippen molar-refractivity contribution < 1.29 is 14.3 Å². The maximum atomic E-state index is 11.6. The van der Waals surface area contributed by atoms with E-state index in [2.05, 4.69) is 10.3 Å². The van der Waals surface area contributed by atoms with Crippen LogP contribution in [0.4, 0.5) is 5.69 Å². The summed E-state index contributed by atoms with van der Waals surface area (Å²) in [5.74, 6) is 0.289. The molecular formula is C20H25N3O3. The minimum atomic E-state index is -0.621. The maximum absolute atomic E-state index is 11.6. The molecule has 0 bridgehead atoms. The molecule has 2 aromatic carbocycles. The van der Waals surface area contributed by atoms with E-state index in [0.29, 0.717) is 12.4 Å². The van der Waals surface area contributed by atoms with Gasteiger partial charge < -0.3 is 9.47 Å². The van der Waals surface area contributed by atoms with Crippen LogP contribution in [0.2, 0.25) is 0 Å². The van der Waals surface area contributed by atoms with Gasteiger partial charge in [-0.3, -0.25) is 5.01 Å². The summed E-state index contributed by atoms with van der Waals surface area (Å²) in [7, 11) is 3.66. The molecule has 0 aliphatic carbocycles. The number of esters is 1. The molecule has 2 rings (SSSR count). The first-order chi connectivity index (χ1) is 12.5. The molecule has 138 valence electrons. The highest BCUT2D eigenvalue weighted by molar-refractivity contribution is 5.74. The highest BCUT2D eigenvalue weighted by Crippen LogP contribution is 2.19. The van der Waals surface area contributed by atoms with Crippen LogP contribution in [-0.4, -0.2) is 37.8 Å². The molecule has 0 amide bonds. The Morgan fingerprint density at radius 3 is 2.15 bits per heavy atom. The molecule has 0 fully saturated rings. The monoisotopic (exact) mass is 355 g/mol. The Balaban J connectivity index is 1.93. The number of rotatable bonds is 8. The summed E-state index contributed by atoms with van der Waals surface area (Å²) in [6.45, 7) is 3.80. The van der Waals surface area contributed by atoms with Crippen LogP contribution in [-0.2, 0) is 16.0 Å². The molecule has 0 saturated heterocycles. The predicted octanol–water partition coefficient (Wildman–Crippen LogP) is 4.17. The van der Waals surface area contributed by atoms with Gasteiger partial charge in [0, 0.05) is 14.1 Å². The standard InChI is InChI=1S/C20H25N3O3/c1-5-25-20(24)15(2)26-19-12-8-17(9-13-19)14-16-6-10-18(11-7-16)21-22-23(3)4/h6-13,15H,5,14H2,1-4H3. The second-order valence-electron chi connectivity index (χ2n) is 6.04. The van der Waals surface area contributed by atoms with E-state index in [4.69, 9.17) is 9.47 Å². The highest BCUT2D eigenvalue weighted by Gasteiger charge is 2.15. The zero-order chi connectivity index (χ0) is 18.9. The van der Waals surface area contributed by atoms with Gasteiger partial charge in [0.2, 0.25) is 0 Å². The van der Waals surface area contributed by atoms with E-state index in [1.54, 1.807) is 18.9 Å². The summed E-state index contributed by atoms with van der Waals surface area (Å²) in [4.78, 5) is 11.6. The molecule has 0 spiro atoms. The smallest absolute Gasteiger partial charge is 0.347 e. The maximum Gasteiger partial charge on any atom is 0.347 e. The number of nitrogens with zero attached hydrogens (tertiary/aromatic N) is 3. The van der Waals surface area contributed by atoms with Crippen LogP contribution in [0.15, 0.2) is 58.9 Å². The number of carbonyl (C=O) groups excluding carboxylic acids is 1. The SMILES string of the molecule is CCOC(=O)C(C)Oc1ccc(Cc2ccc(N=NN(C)C)cc2)cc1. The van der Waals surface area contributed by atoms with Crippen LogP contribution in [0, 0.1) is 0 Å². The molecule has 6 nitrogen and oxygen atoms in total. The lowest BCUT2D eigenvalue weighted by Crippen LogP contribution is -2.26. The third-order valence-electron chi connectivity index (χ3n) is 3.54. The van der Waals surface area contributed by atoms with Crippen molar-refractivity contribution in [3.8, 4) is 5.75 Å². The van der Waals surface area contributed by atoms with Crippen LogP contribution in [0.1, 0.15) is 25.0 Å². The van der Waals surface area contributed by atoms with Gasteiger partial charge in [0.15, 0.2) is 6.10 Å². The number of benzene rings is 2. The van der Waals surface area contributed by atoms with Crippen LogP contribution in [0.25, 0.3) is 0 Å². The molecule has 0 aromatic heterocycles. The number of ether oxygens (including phenoxy) is 2. The lowest BCUT2D eigenvalue weighted by Gasteiger charge is -2.13. The highest BCUT2D eigenvalue weighted by atomic mass is 16.6. The van der Waals surface area contributed by atoms with Gasteiger partial charge in [-0.25, -0.2) is 4.79 Å². The van der Waals surface area contributed by atoms with Gasteiger partial charge in [0.1, 0.15) is 5.75 Å². The van der Waals surface area contributed by atoms with Gasteiger partial charge in [0.05, 0.1) is 12.3 Å². The lowest BCUT2D eigenvalue weighted by molar-refractivity contribution is -0.150. The van der Waals surface area contributed by atoms with Crippen LogP contribution >= 0.6 is 0 Å². The molecule has 1 unspecified atom stereocenters. The van der Waals surface area contributed by atoms with Crippen molar-refractivity contribution in [1.29, 1.82) is 0 Å². The van der Waals surface area contributed by atoms with Crippen molar-refractivity contribution in [1.82, 2.24) is 5.01 Å². The molecule has 0 heterocycles. The summed E-state index contributed by atoms with van der Waals surface area (Å²) in [5.41, 5.74) is 3.16. The van der Waals surface area contributed by atoms with Gasteiger partial charge >= 0.3 is 5.97 Å². The van der Waals surface area contributed by atoms with E-state index in [0.717, 1.165) is 17.7 Å². The van der Waals surface area contributed by atoms with E-state index in [-0.39, 0.29) is 5.97 Å². The van der Waals surface area contributed by atoms with Crippen molar-refractivity contribution in [2.24, 2.45) is 10.3 Å². The second-order valence-corrected chi connectivity index (χ2v) is 6.04. The average Bonchev–Trinajstić information content (AvgIpc) is 2.63. The van der Waals surface area contributed by atoms with Gasteiger partial charge in [0.25, 0.3) is 0 Å². The second kappa shape index (κ2) is 9.56. The first kappa shape index (κ1) is 19.4. The van der Waals surface area contributed by atoms with E-state index in [9.17, 15) is 4.79 Å². The molecule has 0 radical (unpaired) electrons. The molecule has 1 atom stereocenters. The molecule has 0 aliphatic heterocycles. The van der Waals surface area contributed by atoms with Gasteiger partial charge in [-0.15, -0.1) is 5.11 Å². The van der Waals surface area contributed by atoms with E-state index in [1.165, 1.54) is 5.56 Å². The summed E-state index contributed by atoms with van der Waals surface area (Å²) in [5, 5.41) is 9.75. The Labute approximate surface area is 154 Å². The zero-order valence-electron chi connectivity index (χ0n) is 15.7. The Hall–Kier alpha value is -2.89. The van der Waals surface area contributed by atoms with Crippen molar-refractivity contribution in [3.05, 3.63) is 59.7 Å². The van der Waals surface area contributed by atoms with Crippen LogP contribution < -0.4 is 4.74 Å². The largest absolute Gasteiger partial charge is 0.479 e. The van der Waals surface area contributed by atoms with Gasteiger partial charge in [-0.05, 0) is 55.7 Å². The third kappa shape index (κ3) is 6.20. The average molecular weight is 355 g/mol. The Morgan fingerprint density at radius 2 is 1.62 bits per heavy atom. The van der Waals surface area contributed by atoms with Crippen molar-refractivity contribution in [2.75, 3.05) is 20.7 Å². The fourth-order valence-corrected chi connectivity index (χ4v) is 2.25. The topological polar surface area (TPSA) is 63.5 Å².